The molecule has 0 atom stereocenters. The number of carbonyl (C=O) groups excluding carboxylic acids is 2. The van der Waals surface area contributed by atoms with E-state index in [1.165, 1.54) is 167 Å². The average Bonchev–Trinajstić information content (AvgIpc) is 3.22. The maximum Gasteiger partial charge on any atom is 0.305 e. The minimum absolute atomic E-state index is 0.0167. The molecule has 0 spiro atoms. The van der Waals surface area contributed by atoms with Crippen molar-refractivity contribution in [1.82, 2.24) is 9.80 Å². The molecule has 1 aliphatic carbocycles. The Morgan fingerprint density at radius 1 is 0.509 bits per heavy atom. The molecule has 7 heteroatoms. The molecule has 7 nitrogen and oxygen atoms in total. The van der Waals surface area contributed by atoms with Crippen LogP contribution in [0.15, 0.2) is 0 Å². The van der Waals surface area contributed by atoms with Gasteiger partial charge in [-0.3, -0.25) is 19.4 Å². The van der Waals surface area contributed by atoms with Crippen LogP contribution in [-0.2, 0) is 19.1 Å². The fourth-order valence-corrected chi connectivity index (χ4v) is 8.73. The van der Waals surface area contributed by atoms with Gasteiger partial charge in [0.25, 0.3) is 0 Å². The number of carbonyl (C=O) groups is 2. The van der Waals surface area contributed by atoms with Crippen molar-refractivity contribution in [1.29, 1.82) is 0 Å². The van der Waals surface area contributed by atoms with Crippen LogP contribution in [0.3, 0.4) is 0 Å². The van der Waals surface area contributed by atoms with Crippen LogP contribution in [0.5, 0.6) is 0 Å². The number of hydrogen-bond donors (Lipinski definition) is 1. The standard InChI is InChI=1S/C50H98N2O5/c1-4-7-10-13-16-17-20-32-45-56-49(54)37-29-23-31-40-52(48-35-26-21-27-36-48)42-41-51(43-44-53)39-30-22-28-38-50(55)57-46-47(33-24-18-14-11-8-5-2)34-25-19-15-12-9-6-3/h47-48,53H,4-46H2,1-3H3. The van der Waals surface area contributed by atoms with Crippen molar-refractivity contribution >= 4 is 11.9 Å². The molecule has 0 aromatic rings. The van der Waals surface area contributed by atoms with E-state index < -0.39 is 0 Å². The van der Waals surface area contributed by atoms with E-state index in [4.69, 9.17) is 9.47 Å². The summed E-state index contributed by atoms with van der Waals surface area (Å²) < 4.78 is 11.4. The van der Waals surface area contributed by atoms with Crippen molar-refractivity contribution in [2.24, 2.45) is 5.92 Å². The molecule has 1 fully saturated rings. The molecule has 0 aliphatic heterocycles. The molecule has 0 radical (unpaired) electrons. The van der Waals surface area contributed by atoms with Crippen LogP contribution in [-0.4, -0.2) is 85.4 Å². The number of hydrogen-bond acceptors (Lipinski definition) is 7. The van der Waals surface area contributed by atoms with Crippen molar-refractivity contribution in [3.8, 4) is 0 Å². The molecule has 1 aliphatic rings. The average molecular weight is 807 g/mol. The Bertz CT molecular complexity index is 850. The van der Waals surface area contributed by atoms with Crippen molar-refractivity contribution in [2.75, 3.05) is 52.5 Å². The number of unbranched alkanes of at least 4 members (excludes halogenated alkanes) is 21. The molecule has 1 N–H and O–H groups in total. The van der Waals surface area contributed by atoms with Gasteiger partial charge in [-0.2, -0.15) is 0 Å². The number of aliphatic hydroxyl groups excluding tert-OH is 1. The maximum atomic E-state index is 12.7. The van der Waals surface area contributed by atoms with Gasteiger partial charge in [0.15, 0.2) is 0 Å². The van der Waals surface area contributed by atoms with Crippen LogP contribution in [0.2, 0.25) is 0 Å². The summed E-state index contributed by atoms with van der Waals surface area (Å²) in [5.41, 5.74) is 0. The van der Waals surface area contributed by atoms with Gasteiger partial charge in [-0.25, -0.2) is 0 Å². The molecule has 0 heterocycles. The van der Waals surface area contributed by atoms with Crippen LogP contribution in [0, 0.1) is 5.92 Å². The molecule has 338 valence electrons. The summed E-state index contributed by atoms with van der Waals surface area (Å²) in [7, 11) is 0. The maximum absolute atomic E-state index is 12.7. The third kappa shape index (κ3) is 34.3. The fourth-order valence-electron chi connectivity index (χ4n) is 8.73. The second-order valence-electron chi connectivity index (χ2n) is 17.9. The van der Waals surface area contributed by atoms with E-state index in [-0.39, 0.29) is 18.5 Å². The van der Waals surface area contributed by atoms with Gasteiger partial charge in [0, 0.05) is 38.5 Å². The Morgan fingerprint density at radius 2 is 0.982 bits per heavy atom. The molecule has 0 aromatic carbocycles. The van der Waals surface area contributed by atoms with Crippen LogP contribution in [0.4, 0.5) is 0 Å². The van der Waals surface area contributed by atoms with Gasteiger partial charge >= 0.3 is 11.9 Å². The van der Waals surface area contributed by atoms with Gasteiger partial charge in [-0.1, -0.05) is 175 Å². The Balaban J connectivity index is 2.34. The topological polar surface area (TPSA) is 79.3 Å². The number of rotatable bonds is 43. The molecule has 0 saturated heterocycles. The quantitative estimate of drug-likeness (QED) is 0.0485. The van der Waals surface area contributed by atoms with Gasteiger partial charge in [0.1, 0.15) is 0 Å². The summed E-state index contributed by atoms with van der Waals surface area (Å²) in [5, 5.41) is 9.85. The van der Waals surface area contributed by atoms with Gasteiger partial charge in [-0.15, -0.1) is 0 Å². The Hall–Kier alpha value is -1.18. The molecule has 0 aromatic heterocycles. The molecule has 1 rings (SSSR count). The zero-order valence-corrected chi connectivity index (χ0v) is 38.5. The lowest BCUT2D eigenvalue weighted by atomic mass is 9.94. The highest BCUT2D eigenvalue weighted by Gasteiger charge is 2.21. The van der Waals surface area contributed by atoms with E-state index in [0.29, 0.717) is 44.6 Å². The second kappa shape index (κ2) is 41.5. The van der Waals surface area contributed by atoms with Gasteiger partial charge in [-0.05, 0) is 76.8 Å². The third-order valence-corrected chi connectivity index (χ3v) is 12.6. The van der Waals surface area contributed by atoms with E-state index in [1.54, 1.807) is 0 Å². The monoisotopic (exact) mass is 807 g/mol. The lowest BCUT2D eigenvalue weighted by Gasteiger charge is -2.36. The lowest BCUT2D eigenvalue weighted by molar-refractivity contribution is -0.145. The van der Waals surface area contributed by atoms with E-state index in [0.717, 1.165) is 71.1 Å². The Morgan fingerprint density at radius 3 is 1.53 bits per heavy atom. The van der Waals surface area contributed by atoms with E-state index in [1.807, 2.05) is 0 Å². The van der Waals surface area contributed by atoms with Gasteiger partial charge in [0.2, 0.25) is 0 Å². The van der Waals surface area contributed by atoms with E-state index in [2.05, 4.69) is 30.6 Å². The highest BCUT2D eigenvalue weighted by Crippen LogP contribution is 2.24. The van der Waals surface area contributed by atoms with Gasteiger partial charge in [0.05, 0.1) is 19.8 Å². The molecule has 0 unspecified atom stereocenters. The zero-order chi connectivity index (χ0) is 41.3. The van der Waals surface area contributed by atoms with Crippen LogP contribution < -0.4 is 0 Å². The molecular formula is C50H98N2O5. The van der Waals surface area contributed by atoms with Crippen molar-refractivity contribution in [3.63, 3.8) is 0 Å². The second-order valence-corrected chi connectivity index (χ2v) is 17.9. The first kappa shape index (κ1) is 53.8. The summed E-state index contributed by atoms with van der Waals surface area (Å²) in [6.07, 6.45) is 42.0. The smallest absolute Gasteiger partial charge is 0.305 e. The number of esters is 2. The first-order chi connectivity index (χ1) is 28.0. The summed E-state index contributed by atoms with van der Waals surface area (Å²) in [6, 6.07) is 0.661. The highest BCUT2D eigenvalue weighted by atomic mass is 16.5. The van der Waals surface area contributed by atoms with E-state index in [9.17, 15) is 14.7 Å². The van der Waals surface area contributed by atoms with E-state index >= 15 is 0 Å². The highest BCUT2D eigenvalue weighted by molar-refractivity contribution is 5.69. The normalized spacial score (nSPS) is 13.7. The van der Waals surface area contributed by atoms with Gasteiger partial charge < -0.3 is 14.6 Å². The number of aliphatic hydroxyl groups is 1. The summed E-state index contributed by atoms with van der Waals surface area (Å²) in [4.78, 5) is 30.2. The summed E-state index contributed by atoms with van der Waals surface area (Å²) in [5.74, 6) is 0.478. The lowest BCUT2D eigenvalue weighted by Crippen LogP contribution is -2.43. The molecule has 0 amide bonds. The molecule has 0 bridgehead atoms. The van der Waals surface area contributed by atoms with Crippen molar-refractivity contribution in [2.45, 2.75) is 252 Å². The Kier molecular flexibility index (Phi) is 39.2. The predicted molar refractivity (Wildman–Crippen MR) is 243 cm³/mol. The summed E-state index contributed by atoms with van der Waals surface area (Å²) in [6.45, 7) is 13.0. The van der Waals surface area contributed by atoms with Crippen molar-refractivity contribution in [3.05, 3.63) is 0 Å². The minimum atomic E-state index is -0.0233. The minimum Gasteiger partial charge on any atom is -0.466 e. The molecule has 1 saturated carbocycles. The van der Waals surface area contributed by atoms with Crippen LogP contribution in [0.25, 0.3) is 0 Å². The molecular weight excluding hydrogens is 709 g/mol. The SMILES string of the molecule is CCCCCCCCCCOC(=O)CCCCCN(CCN(CCO)CCCCCC(=O)OCC(CCCCCCCC)CCCCCCCC)C1CCCCC1. The number of ether oxygens (including phenoxy) is 2. The first-order valence-corrected chi connectivity index (χ1v) is 25.4. The third-order valence-electron chi connectivity index (χ3n) is 12.6. The van der Waals surface area contributed by atoms with Crippen LogP contribution >= 0.6 is 0 Å². The van der Waals surface area contributed by atoms with Crippen LogP contribution in [0.1, 0.15) is 245 Å². The van der Waals surface area contributed by atoms with Crippen molar-refractivity contribution < 1.29 is 24.2 Å². The first-order valence-electron chi connectivity index (χ1n) is 25.4. The molecule has 57 heavy (non-hydrogen) atoms. The predicted octanol–water partition coefficient (Wildman–Crippen LogP) is 13.4. The largest absolute Gasteiger partial charge is 0.466 e. The summed E-state index contributed by atoms with van der Waals surface area (Å²) >= 11 is 0. The number of nitrogens with zero attached hydrogens (tertiary/aromatic N) is 2. The fraction of sp³-hybridized carbons (Fsp3) is 0.960. The Labute approximate surface area is 354 Å². The zero-order valence-electron chi connectivity index (χ0n) is 38.5.